The van der Waals surface area contributed by atoms with Crippen LogP contribution in [0.4, 0.5) is 0 Å². The predicted octanol–water partition coefficient (Wildman–Crippen LogP) is 0.276. The van der Waals surface area contributed by atoms with Crippen LogP contribution in [-0.4, -0.2) is 27.8 Å². The standard InChI is InChI=1S/C9H10NO2.Al.W/c10-8(9(11)12)6-7-4-2-1-3-5-7;;/h1-5,8,10H,6H2,(H,11,12);;/q-1;+2;/p-1/t8-;;/m1../s1. The van der Waals surface area contributed by atoms with Gasteiger partial charge in [-0.25, -0.2) is 0 Å². The minimum absolute atomic E-state index is 0. The van der Waals surface area contributed by atoms with Crippen LogP contribution in [0, 0.1) is 0 Å². The molecule has 0 amide bonds. The molecular formula is C9H9AlNO2W. The maximum atomic E-state index is 11.1. The summed E-state index contributed by atoms with van der Waals surface area (Å²) < 4.78 is 7.94. The van der Waals surface area contributed by atoms with Crippen molar-refractivity contribution in [1.82, 2.24) is 4.30 Å². The van der Waals surface area contributed by atoms with E-state index in [0.29, 0.717) is 0 Å². The molecule has 0 saturated carbocycles. The van der Waals surface area contributed by atoms with Gasteiger partial charge in [0.05, 0.1) is 6.04 Å². The minimum Gasteiger partial charge on any atom is -0.608 e. The molecule has 0 spiro atoms. The van der Waals surface area contributed by atoms with E-state index in [1.165, 1.54) is 5.56 Å². The molecule has 3 nitrogen and oxygen atoms in total. The van der Waals surface area contributed by atoms with Crippen molar-refractivity contribution in [3.63, 3.8) is 0 Å². The number of nitrogens with one attached hydrogen (secondary N) is 1. The quantitative estimate of drug-likeness (QED) is 0.756. The Bertz CT molecular complexity index is 307. The Morgan fingerprint density at radius 1 is 1.36 bits per heavy atom. The Morgan fingerprint density at radius 3 is 2.64 bits per heavy atom. The summed E-state index contributed by atoms with van der Waals surface area (Å²) in [6.07, 6.45) is 0.729. The molecule has 0 bridgehead atoms. The Labute approximate surface area is 104 Å². The third-order valence-corrected chi connectivity index (χ3v) is 2.90. The molecule has 1 N–H and O–H groups in total. The number of rotatable bonds is 2. The fourth-order valence-electron chi connectivity index (χ4n) is 1.32. The average molecular weight is 374 g/mol. The number of carbonyl (C=O) groups excluding carboxylic acids is 1. The van der Waals surface area contributed by atoms with E-state index < -0.39 is 0 Å². The summed E-state index contributed by atoms with van der Waals surface area (Å²) in [5.41, 5.74) is 1.17. The molecule has 5 heteroatoms. The average Bonchev–Trinajstić information content (AvgIpc) is 2.54. The summed E-state index contributed by atoms with van der Waals surface area (Å²) in [5, 5.41) is 0. The summed E-state index contributed by atoms with van der Waals surface area (Å²) in [5.74, 6) is -0.112. The molecule has 71 valence electrons. The molecular weight excluding hydrogens is 365 g/mol. The van der Waals surface area contributed by atoms with Gasteiger partial charge in [0, 0.05) is 21.1 Å². The first-order valence-corrected chi connectivity index (χ1v) is 5.23. The van der Waals surface area contributed by atoms with E-state index in [-0.39, 0.29) is 48.9 Å². The van der Waals surface area contributed by atoms with Gasteiger partial charge in [0.2, 0.25) is 0 Å². The summed E-state index contributed by atoms with van der Waals surface area (Å²) in [6.45, 7) is 0. The predicted molar refractivity (Wildman–Crippen MR) is 48.9 cm³/mol. The van der Waals surface area contributed by atoms with Crippen molar-refractivity contribution in [2.45, 2.75) is 12.5 Å². The normalized spacial score (nSPS) is 19.4. The first-order valence-electron chi connectivity index (χ1n) is 4.18. The van der Waals surface area contributed by atoms with Crippen LogP contribution in [0.3, 0.4) is 0 Å². The van der Waals surface area contributed by atoms with Crippen LogP contribution < -0.4 is 4.30 Å². The zero-order valence-corrected chi connectivity index (χ0v) is 11.6. The molecule has 2 rings (SSSR count). The van der Waals surface area contributed by atoms with Gasteiger partial charge in [-0.05, 0) is 12.0 Å². The number of hydrogen-bond donors (Lipinski definition) is 1. The van der Waals surface area contributed by atoms with Gasteiger partial charge >= 0.3 is 15.8 Å². The smallest absolute Gasteiger partial charge is 0.608 e. The molecule has 14 heavy (non-hydrogen) atoms. The summed E-state index contributed by atoms with van der Waals surface area (Å²) in [7, 11) is 0. The zero-order valence-electron chi connectivity index (χ0n) is 7.47. The Balaban J connectivity index is 0.000000980. The molecule has 1 saturated heterocycles. The minimum atomic E-state index is -0.323. The Hall–Kier alpha value is -0.129. The van der Waals surface area contributed by atoms with E-state index in [9.17, 15) is 4.79 Å². The Morgan fingerprint density at radius 2 is 2.07 bits per heavy atom. The van der Waals surface area contributed by atoms with Crippen LogP contribution in [0.1, 0.15) is 5.56 Å². The molecule has 1 radical (unpaired) electrons. The number of carbonyl (C=O) groups is 1. The summed E-state index contributed by atoms with van der Waals surface area (Å²) in [6, 6.07) is 9.82. The molecule has 0 unspecified atom stereocenters. The van der Waals surface area contributed by atoms with Crippen molar-refractivity contribution in [2.75, 3.05) is 0 Å². The molecule has 1 aliphatic heterocycles. The molecule has 1 aliphatic rings. The van der Waals surface area contributed by atoms with Gasteiger partial charge < -0.3 is 8.09 Å². The molecule has 1 fully saturated rings. The van der Waals surface area contributed by atoms with Gasteiger partial charge in [-0.3, -0.25) is 4.79 Å². The van der Waals surface area contributed by atoms with E-state index in [1.54, 1.807) is 0 Å². The van der Waals surface area contributed by atoms with Gasteiger partial charge in [-0.2, -0.15) is 0 Å². The fraction of sp³-hybridized carbons (Fsp3) is 0.222. The van der Waals surface area contributed by atoms with Crippen LogP contribution in [-0.2, 0) is 36.1 Å². The number of hydrogen-bond acceptors (Lipinski definition) is 3. The van der Waals surface area contributed by atoms with Crippen LogP contribution in [0.15, 0.2) is 30.3 Å². The fourth-order valence-corrected chi connectivity index (χ4v) is 2.08. The summed E-state index contributed by atoms with van der Waals surface area (Å²) >= 11 is -0.323. The van der Waals surface area contributed by atoms with E-state index in [0.717, 1.165) is 6.42 Å². The molecule has 1 aromatic rings. The molecule has 1 aromatic carbocycles. The van der Waals surface area contributed by atoms with Crippen molar-refractivity contribution in [3.05, 3.63) is 35.9 Å². The molecule has 1 heterocycles. The molecule has 1 atom stereocenters. The monoisotopic (exact) mass is 374 g/mol. The first kappa shape index (κ1) is 11.9. The maximum Gasteiger partial charge on any atom is 0.663 e. The van der Waals surface area contributed by atoms with Crippen molar-refractivity contribution >= 4 is 21.7 Å². The van der Waals surface area contributed by atoms with Crippen molar-refractivity contribution in [2.24, 2.45) is 0 Å². The van der Waals surface area contributed by atoms with E-state index in [1.807, 2.05) is 30.3 Å². The van der Waals surface area contributed by atoms with Gasteiger partial charge in [-0.15, -0.1) is 0 Å². The van der Waals surface area contributed by atoms with Crippen molar-refractivity contribution in [1.29, 1.82) is 0 Å². The maximum absolute atomic E-state index is 11.1. The van der Waals surface area contributed by atoms with Gasteiger partial charge in [0.1, 0.15) is 0 Å². The molecule has 0 aromatic heterocycles. The largest absolute Gasteiger partial charge is 0.663 e. The summed E-state index contributed by atoms with van der Waals surface area (Å²) in [4.78, 5) is 11.1. The van der Waals surface area contributed by atoms with E-state index >= 15 is 0 Å². The third kappa shape index (κ3) is 2.93. The van der Waals surface area contributed by atoms with Gasteiger partial charge in [-0.1, -0.05) is 30.3 Å². The second kappa shape index (κ2) is 5.68. The van der Waals surface area contributed by atoms with Crippen LogP contribution in [0.2, 0.25) is 0 Å². The zero-order chi connectivity index (χ0) is 9.10. The second-order valence-electron chi connectivity index (χ2n) is 2.96. The Kier molecular flexibility index (Phi) is 4.84. The van der Waals surface area contributed by atoms with Crippen LogP contribution in [0.5, 0.6) is 0 Å². The van der Waals surface area contributed by atoms with Gasteiger partial charge in [0.15, 0.2) is 0 Å². The second-order valence-corrected chi connectivity index (χ2v) is 3.77. The van der Waals surface area contributed by atoms with E-state index in [4.69, 9.17) is 3.79 Å². The van der Waals surface area contributed by atoms with E-state index in [2.05, 4.69) is 4.30 Å². The topological polar surface area (TPSA) is 38.3 Å². The molecule has 0 aliphatic carbocycles. The SMILES string of the molecule is O=C1[O][Al][NH][C@@H]1Cc1ccccc1.[W]. The first-order chi connectivity index (χ1) is 6.36. The van der Waals surface area contributed by atoms with Crippen LogP contribution in [0.25, 0.3) is 0 Å². The van der Waals surface area contributed by atoms with Crippen molar-refractivity contribution in [3.8, 4) is 0 Å². The third-order valence-electron chi connectivity index (χ3n) is 2.01. The number of benzene rings is 1. The van der Waals surface area contributed by atoms with Crippen LogP contribution >= 0.6 is 0 Å². The van der Waals surface area contributed by atoms with Gasteiger partial charge in [0.25, 0.3) is 5.97 Å². The van der Waals surface area contributed by atoms with Crippen molar-refractivity contribution < 1.29 is 29.6 Å².